The van der Waals surface area contributed by atoms with Crippen molar-refractivity contribution >= 4 is 28.9 Å². The van der Waals surface area contributed by atoms with E-state index in [9.17, 15) is 4.79 Å². The molecule has 5 nitrogen and oxygen atoms in total. The molecule has 0 aromatic heterocycles. The Labute approximate surface area is 130 Å². The molecule has 0 heterocycles. The van der Waals surface area contributed by atoms with E-state index < -0.39 is 6.10 Å². The number of nitrogens with two attached hydrogens (primary N) is 1. The molecule has 1 amide bonds. The van der Waals surface area contributed by atoms with Gasteiger partial charge in [0.15, 0.2) is 0 Å². The fraction of sp³-hybridized carbons (Fsp3) is 0.533. The van der Waals surface area contributed by atoms with Gasteiger partial charge in [-0.05, 0) is 31.5 Å². The van der Waals surface area contributed by atoms with Gasteiger partial charge in [-0.1, -0.05) is 24.9 Å². The third-order valence-electron chi connectivity index (χ3n) is 2.87. The summed E-state index contributed by atoms with van der Waals surface area (Å²) in [6.45, 7) is 5.41. The molecule has 1 unspecified atom stereocenters. The predicted molar refractivity (Wildman–Crippen MR) is 85.6 cm³/mol. The van der Waals surface area contributed by atoms with Gasteiger partial charge in [0.2, 0.25) is 0 Å². The van der Waals surface area contributed by atoms with Crippen LogP contribution in [0.1, 0.15) is 26.7 Å². The van der Waals surface area contributed by atoms with Crippen LogP contribution >= 0.6 is 11.6 Å². The molecule has 3 N–H and O–H groups in total. The van der Waals surface area contributed by atoms with Crippen LogP contribution in [0.5, 0.6) is 0 Å². The van der Waals surface area contributed by atoms with Crippen LogP contribution in [0, 0.1) is 0 Å². The average Bonchev–Trinajstić information content (AvgIpc) is 2.46. The van der Waals surface area contributed by atoms with Gasteiger partial charge in [-0.25, -0.2) is 0 Å². The Bertz CT molecular complexity index is 455. The topological polar surface area (TPSA) is 73.6 Å². The van der Waals surface area contributed by atoms with Crippen LogP contribution in [0.15, 0.2) is 18.2 Å². The molecule has 0 fully saturated rings. The second kappa shape index (κ2) is 9.60. The third kappa shape index (κ3) is 6.80. The van der Waals surface area contributed by atoms with E-state index >= 15 is 0 Å². The van der Waals surface area contributed by atoms with Crippen molar-refractivity contribution in [3.8, 4) is 0 Å². The van der Waals surface area contributed by atoms with Gasteiger partial charge in [0.05, 0.1) is 23.9 Å². The zero-order valence-electron chi connectivity index (χ0n) is 12.5. The summed E-state index contributed by atoms with van der Waals surface area (Å²) in [5.41, 5.74) is 6.70. The van der Waals surface area contributed by atoms with Crippen LogP contribution < -0.4 is 11.1 Å². The van der Waals surface area contributed by atoms with E-state index in [1.165, 1.54) is 0 Å². The molecular formula is C15H23ClN2O3. The molecule has 0 aliphatic carbocycles. The minimum absolute atomic E-state index is 0.231. The number of hydrogen-bond acceptors (Lipinski definition) is 4. The number of benzene rings is 1. The predicted octanol–water partition coefficient (Wildman–Crippen LogP) is 3.08. The maximum Gasteiger partial charge on any atom is 0.253 e. The maximum absolute atomic E-state index is 11.9. The van der Waals surface area contributed by atoms with Crippen molar-refractivity contribution in [2.45, 2.75) is 32.8 Å². The van der Waals surface area contributed by atoms with Gasteiger partial charge in [0, 0.05) is 12.3 Å². The Morgan fingerprint density at radius 2 is 2.14 bits per heavy atom. The molecule has 0 saturated carbocycles. The summed E-state index contributed by atoms with van der Waals surface area (Å²) in [5, 5.41) is 3.19. The highest BCUT2D eigenvalue weighted by atomic mass is 35.5. The third-order valence-corrected chi connectivity index (χ3v) is 3.21. The number of halogens is 1. The molecule has 1 rings (SSSR count). The highest BCUT2D eigenvalue weighted by molar-refractivity contribution is 6.33. The summed E-state index contributed by atoms with van der Waals surface area (Å²) in [5.74, 6) is -0.231. The molecule has 118 valence electrons. The van der Waals surface area contributed by atoms with Gasteiger partial charge in [-0.3, -0.25) is 4.79 Å². The summed E-state index contributed by atoms with van der Waals surface area (Å²) < 4.78 is 10.8. The largest absolute Gasteiger partial charge is 0.397 e. The van der Waals surface area contributed by atoms with Gasteiger partial charge in [0.25, 0.3) is 5.91 Å². The Kier molecular flexibility index (Phi) is 8.12. The van der Waals surface area contributed by atoms with Crippen molar-refractivity contribution in [1.82, 2.24) is 0 Å². The number of unbranched alkanes of at least 4 members (excludes halogenated alkanes) is 1. The molecule has 0 radical (unpaired) electrons. The molecule has 0 saturated heterocycles. The first-order valence-corrected chi connectivity index (χ1v) is 7.47. The molecule has 21 heavy (non-hydrogen) atoms. The zero-order valence-corrected chi connectivity index (χ0v) is 13.3. The normalized spacial score (nSPS) is 12.1. The lowest BCUT2D eigenvalue weighted by atomic mass is 10.2. The van der Waals surface area contributed by atoms with E-state index in [0.29, 0.717) is 29.6 Å². The Hall–Kier alpha value is -1.30. The monoisotopic (exact) mass is 314 g/mol. The number of nitrogen functional groups attached to an aromatic ring is 1. The zero-order chi connectivity index (χ0) is 15.7. The Balaban J connectivity index is 2.29. The van der Waals surface area contributed by atoms with E-state index in [-0.39, 0.29) is 5.91 Å². The molecule has 1 aromatic rings. The molecule has 0 aliphatic heterocycles. The smallest absolute Gasteiger partial charge is 0.253 e. The highest BCUT2D eigenvalue weighted by Crippen LogP contribution is 2.22. The maximum atomic E-state index is 11.9. The van der Waals surface area contributed by atoms with Crippen molar-refractivity contribution in [3.63, 3.8) is 0 Å². The molecule has 0 bridgehead atoms. The highest BCUT2D eigenvalue weighted by Gasteiger charge is 2.13. The standard InChI is InChI=1S/C15H23ClN2O3/c1-3-4-7-20-8-9-21-11(2)15(19)18-12-5-6-13(16)14(17)10-12/h5-6,10-11H,3-4,7-9,17H2,1-2H3,(H,18,19). The van der Waals surface area contributed by atoms with Gasteiger partial charge in [-0.15, -0.1) is 0 Å². The number of amides is 1. The number of rotatable bonds is 9. The molecule has 0 aliphatic rings. The lowest BCUT2D eigenvalue weighted by Crippen LogP contribution is -2.29. The summed E-state index contributed by atoms with van der Waals surface area (Å²) in [6, 6.07) is 4.94. The molecular weight excluding hydrogens is 292 g/mol. The quantitative estimate of drug-likeness (QED) is 0.542. The molecule has 6 heteroatoms. The first-order valence-electron chi connectivity index (χ1n) is 7.09. The van der Waals surface area contributed by atoms with Gasteiger partial charge in [-0.2, -0.15) is 0 Å². The second-order valence-electron chi connectivity index (χ2n) is 4.70. The van der Waals surface area contributed by atoms with Crippen molar-refractivity contribution in [1.29, 1.82) is 0 Å². The number of nitrogens with one attached hydrogen (secondary N) is 1. The van der Waals surface area contributed by atoms with Gasteiger partial charge in [0.1, 0.15) is 6.10 Å². The average molecular weight is 315 g/mol. The lowest BCUT2D eigenvalue weighted by molar-refractivity contribution is -0.127. The fourth-order valence-electron chi connectivity index (χ4n) is 1.57. The number of anilines is 2. The van der Waals surface area contributed by atoms with Crippen LogP contribution in [-0.4, -0.2) is 31.8 Å². The first-order chi connectivity index (χ1) is 10.0. The number of carbonyl (C=O) groups excluding carboxylic acids is 1. The summed E-state index contributed by atoms with van der Waals surface area (Å²) >= 11 is 5.82. The van der Waals surface area contributed by atoms with Crippen molar-refractivity contribution < 1.29 is 14.3 Å². The van der Waals surface area contributed by atoms with Crippen molar-refractivity contribution in [2.75, 3.05) is 30.9 Å². The van der Waals surface area contributed by atoms with Crippen molar-refractivity contribution in [2.24, 2.45) is 0 Å². The summed E-state index contributed by atoms with van der Waals surface area (Å²) in [4.78, 5) is 11.9. The SMILES string of the molecule is CCCCOCCOC(C)C(=O)Nc1ccc(Cl)c(N)c1. The Morgan fingerprint density at radius 3 is 2.81 bits per heavy atom. The van der Waals surface area contributed by atoms with Gasteiger partial charge >= 0.3 is 0 Å². The van der Waals surface area contributed by atoms with Gasteiger partial charge < -0.3 is 20.5 Å². The molecule has 1 aromatic carbocycles. The van der Waals surface area contributed by atoms with Crippen LogP contribution in [0.25, 0.3) is 0 Å². The minimum atomic E-state index is -0.559. The number of ether oxygens (including phenoxy) is 2. The van der Waals surface area contributed by atoms with E-state index in [2.05, 4.69) is 12.2 Å². The van der Waals surface area contributed by atoms with E-state index in [0.717, 1.165) is 19.4 Å². The first kappa shape index (κ1) is 17.8. The second-order valence-corrected chi connectivity index (χ2v) is 5.11. The van der Waals surface area contributed by atoms with E-state index in [1.807, 2.05) is 0 Å². The molecule has 0 spiro atoms. The Morgan fingerprint density at radius 1 is 1.38 bits per heavy atom. The van der Waals surface area contributed by atoms with Crippen LogP contribution in [0.3, 0.4) is 0 Å². The van der Waals surface area contributed by atoms with Crippen LogP contribution in [0.4, 0.5) is 11.4 Å². The minimum Gasteiger partial charge on any atom is -0.397 e. The van der Waals surface area contributed by atoms with Crippen LogP contribution in [-0.2, 0) is 14.3 Å². The van der Waals surface area contributed by atoms with Crippen LogP contribution in [0.2, 0.25) is 5.02 Å². The van der Waals surface area contributed by atoms with Crippen molar-refractivity contribution in [3.05, 3.63) is 23.2 Å². The number of hydrogen-bond donors (Lipinski definition) is 2. The van der Waals surface area contributed by atoms with E-state index in [4.69, 9.17) is 26.8 Å². The lowest BCUT2D eigenvalue weighted by Gasteiger charge is -2.14. The van der Waals surface area contributed by atoms with E-state index in [1.54, 1.807) is 25.1 Å². The summed E-state index contributed by atoms with van der Waals surface area (Å²) in [6.07, 6.45) is 1.58. The molecule has 1 atom stereocenters. The summed E-state index contributed by atoms with van der Waals surface area (Å²) in [7, 11) is 0. The number of carbonyl (C=O) groups is 1. The fourth-order valence-corrected chi connectivity index (χ4v) is 1.69.